The molecular formula is C13H21P. The lowest BCUT2D eigenvalue weighted by Crippen LogP contribution is -2.01. The molecule has 1 aromatic rings. The van der Waals surface area contributed by atoms with Crippen molar-refractivity contribution in [3.8, 4) is 0 Å². The molecule has 1 aromatic carbocycles. The molecule has 0 unspecified atom stereocenters. The molecule has 0 aliphatic carbocycles. The third-order valence-electron chi connectivity index (χ3n) is 2.87. The van der Waals surface area contributed by atoms with Crippen LogP contribution in [0.3, 0.4) is 0 Å². The number of hydrogen-bond acceptors (Lipinski definition) is 0. The second-order valence-electron chi connectivity index (χ2n) is 4.00. The molecule has 0 radical (unpaired) electrons. The Morgan fingerprint density at radius 2 is 1.50 bits per heavy atom. The zero-order valence-electron chi connectivity index (χ0n) is 9.75. The molecule has 1 rings (SSSR count). The zero-order valence-corrected chi connectivity index (χ0v) is 10.6. The summed E-state index contributed by atoms with van der Waals surface area (Å²) in [6, 6.07) is 9.24. The van der Waals surface area contributed by atoms with E-state index < -0.39 is 0 Å². The molecule has 0 aliphatic heterocycles. The van der Waals surface area contributed by atoms with Crippen molar-refractivity contribution in [1.82, 2.24) is 0 Å². The monoisotopic (exact) mass is 208 g/mol. The van der Waals surface area contributed by atoms with Gasteiger partial charge >= 0.3 is 0 Å². The lowest BCUT2D eigenvalue weighted by atomic mass is 9.94. The first-order valence-electron chi connectivity index (χ1n) is 5.46. The molecule has 0 aromatic heterocycles. The van der Waals surface area contributed by atoms with Gasteiger partial charge in [-0.2, -0.15) is 0 Å². The van der Waals surface area contributed by atoms with Crippen molar-refractivity contribution in [1.29, 1.82) is 0 Å². The van der Waals surface area contributed by atoms with Crippen LogP contribution in [0.1, 0.15) is 38.2 Å². The fraction of sp³-hybridized carbons (Fsp3) is 0.538. The van der Waals surface area contributed by atoms with E-state index in [1.165, 1.54) is 23.7 Å². The first-order chi connectivity index (χ1) is 6.69. The van der Waals surface area contributed by atoms with Crippen LogP contribution in [0.5, 0.6) is 0 Å². The normalized spacial score (nSPS) is 11.3. The van der Waals surface area contributed by atoms with Crippen LogP contribution in [-0.4, -0.2) is 13.3 Å². The number of hydrogen-bond donors (Lipinski definition) is 0. The maximum Gasteiger partial charge on any atom is -0.0167 e. The van der Waals surface area contributed by atoms with Gasteiger partial charge in [-0.1, -0.05) is 46.0 Å². The smallest absolute Gasteiger partial charge is 0.0167 e. The van der Waals surface area contributed by atoms with Crippen molar-refractivity contribution < 1.29 is 0 Å². The average molecular weight is 208 g/mol. The summed E-state index contributed by atoms with van der Waals surface area (Å²) in [7, 11) is 0.0642. The van der Waals surface area contributed by atoms with Crippen molar-refractivity contribution in [2.24, 2.45) is 0 Å². The molecule has 0 N–H and O–H groups in total. The van der Waals surface area contributed by atoms with Crippen LogP contribution in [0.25, 0.3) is 0 Å². The molecule has 0 fully saturated rings. The highest BCUT2D eigenvalue weighted by molar-refractivity contribution is 7.64. The van der Waals surface area contributed by atoms with Gasteiger partial charge in [-0.05, 0) is 43.0 Å². The van der Waals surface area contributed by atoms with Crippen LogP contribution < -0.4 is 5.30 Å². The molecular weight excluding hydrogens is 187 g/mol. The highest BCUT2D eigenvalue weighted by Gasteiger charge is 2.06. The summed E-state index contributed by atoms with van der Waals surface area (Å²) in [6.07, 6.45) is 2.51. The van der Waals surface area contributed by atoms with Gasteiger partial charge in [0.15, 0.2) is 0 Å². The lowest BCUT2D eigenvalue weighted by molar-refractivity contribution is 0.642. The molecule has 0 bridgehead atoms. The van der Waals surface area contributed by atoms with Gasteiger partial charge in [0.25, 0.3) is 0 Å². The Morgan fingerprint density at radius 1 is 1.00 bits per heavy atom. The van der Waals surface area contributed by atoms with Crippen LogP contribution in [0.2, 0.25) is 0 Å². The van der Waals surface area contributed by atoms with E-state index >= 15 is 0 Å². The van der Waals surface area contributed by atoms with Crippen molar-refractivity contribution >= 4 is 13.2 Å². The second-order valence-corrected chi connectivity index (χ2v) is 6.30. The van der Waals surface area contributed by atoms with Gasteiger partial charge in [-0.25, -0.2) is 0 Å². The standard InChI is InChI=1S/C13H21P/c1-5-11(6-2)12-7-9-13(10-8-12)14(3)4/h7-11H,5-6H2,1-4H3. The summed E-state index contributed by atoms with van der Waals surface area (Å²) < 4.78 is 0. The number of rotatable bonds is 4. The highest BCUT2D eigenvalue weighted by Crippen LogP contribution is 2.26. The van der Waals surface area contributed by atoms with Crippen molar-refractivity contribution in [2.45, 2.75) is 32.6 Å². The van der Waals surface area contributed by atoms with E-state index in [0.717, 1.165) is 5.92 Å². The van der Waals surface area contributed by atoms with E-state index in [2.05, 4.69) is 51.4 Å². The molecule has 14 heavy (non-hydrogen) atoms. The summed E-state index contributed by atoms with van der Waals surface area (Å²) >= 11 is 0. The van der Waals surface area contributed by atoms with E-state index in [9.17, 15) is 0 Å². The lowest BCUT2D eigenvalue weighted by Gasteiger charge is -2.14. The van der Waals surface area contributed by atoms with Crippen LogP contribution in [-0.2, 0) is 0 Å². The van der Waals surface area contributed by atoms with Gasteiger partial charge in [-0.15, -0.1) is 0 Å². The summed E-state index contributed by atoms with van der Waals surface area (Å²) in [5.74, 6) is 0.754. The van der Waals surface area contributed by atoms with Crippen molar-refractivity contribution in [2.75, 3.05) is 13.3 Å². The molecule has 0 saturated carbocycles. The first kappa shape index (κ1) is 11.7. The van der Waals surface area contributed by atoms with E-state index in [4.69, 9.17) is 0 Å². The molecule has 0 saturated heterocycles. The van der Waals surface area contributed by atoms with Crippen LogP contribution in [0, 0.1) is 0 Å². The summed E-state index contributed by atoms with van der Waals surface area (Å²) in [5, 5.41) is 1.51. The predicted molar refractivity (Wildman–Crippen MR) is 68.2 cm³/mol. The van der Waals surface area contributed by atoms with Crippen molar-refractivity contribution in [3.05, 3.63) is 29.8 Å². The topological polar surface area (TPSA) is 0 Å². The molecule has 78 valence electrons. The van der Waals surface area contributed by atoms with E-state index in [-0.39, 0.29) is 7.92 Å². The minimum atomic E-state index is 0.0642. The van der Waals surface area contributed by atoms with Gasteiger partial charge < -0.3 is 0 Å². The Hall–Kier alpha value is -0.350. The summed E-state index contributed by atoms with van der Waals surface area (Å²) in [4.78, 5) is 0. The molecule has 0 heterocycles. The van der Waals surface area contributed by atoms with Gasteiger partial charge in [0.1, 0.15) is 0 Å². The molecule has 0 atom stereocenters. The summed E-state index contributed by atoms with van der Waals surface area (Å²) in [6.45, 7) is 9.16. The molecule has 1 heteroatoms. The van der Waals surface area contributed by atoms with Gasteiger partial charge in [-0.3, -0.25) is 0 Å². The first-order valence-corrected chi connectivity index (χ1v) is 7.69. The maximum absolute atomic E-state index is 2.31. The third-order valence-corrected chi connectivity index (χ3v) is 4.20. The Balaban J connectivity index is 2.81. The van der Waals surface area contributed by atoms with E-state index in [1.807, 2.05) is 0 Å². The average Bonchev–Trinajstić information content (AvgIpc) is 2.20. The fourth-order valence-electron chi connectivity index (χ4n) is 1.80. The van der Waals surface area contributed by atoms with Gasteiger partial charge in [0, 0.05) is 0 Å². The molecule has 0 aliphatic rings. The van der Waals surface area contributed by atoms with Gasteiger partial charge in [0.2, 0.25) is 0 Å². The van der Waals surface area contributed by atoms with Crippen molar-refractivity contribution in [3.63, 3.8) is 0 Å². The third kappa shape index (κ3) is 2.82. The largest absolute Gasteiger partial charge is 0.0817 e. The number of benzene rings is 1. The Morgan fingerprint density at radius 3 is 1.86 bits per heavy atom. The Kier molecular flexibility index (Phi) is 4.62. The Bertz CT molecular complexity index is 257. The highest BCUT2D eigenvalue weighted by atomic mass is 31.1. The molecule has 0 nitrogen and oxygen atoms in total. The van der Waals surface area contributed by atoms with Crippen LogP contribution in [0.4, 0.5) is 0 Å². The second kappa shape index (κ2) is 5.51. The maximum atomic E-state index is 2.31. The molecule has 0 spiro atoms. The van der Waals surface area contributed by atoms with Crippen LogP contribution in [0.15, 0.2) is 24.3 Å². The zero-order chi connectivity index (χ0) is 10.6. The minimum Gasteiger partial charge on any atom is -0.0817 e. The SMILES string of the molecule is CCC(CC)c1ccc(P(C)C)cc1. The molecule has 0 amide bonds. The van der Waals surface area contributed by atoms with Gasteiger partial charge in [0.05, 0.1) is 0 Å². The quantitative estimate of drug-likeness (QED) is 0.657. The predicted octanol–water partition coefficient (Wildman–Crippen LogP) is 3.96. The van der Waals surface area contributed by atoms with E-state index in [0.29, 0.717) is 0 Å². The fourth-order valence-corrected chi connectivity index (χ4v) is 2.55. The van der Waals surface area contributed by atoms with Crippen LogP contribution >= 0.6 is 7.92 Å². The van der Waals surface area contributed by atoms with E-state index in [1.54, 1.807) is 0 Å². The Labute approximate surface area is 89.5 Å². The minimum absolute atomic E-state index is 0.0642. The summed E-state index contributed by atoms with van der Waals surface area (Å²) in [5.41, 5.74) is 1.51.